The summed E-state index contributed by atoms with van der Waals surface area (Å²) in [6.45, 7) is 7.30. The van der Waals surface area contributed by atoms with Crippen LogP contribution in [0.3, 0.4) is 0 Å². The summed E-state index contributed by atoms with van der Waals surface area (Å²) in [5.41, 5.74) is 1.96. The summed E-state index contributed by atoms with van der Waals surface area (Å²) in [5, 5.41) is 2.80. The number of anilines is 1. The fourth-order valence-corrected chi connectivity index (χ4v) is 1.32. The van der Waals surface area contributed by atoms with Gasteiger partial charge in [0.25, 0.3) is 0 Å². The predicted octanol–water partition coefficient (Wildman–Crippen LogP) is 2.93. The van der Waals surface area contributed by atoms with E-state index < -0.39 is 0 Å². The Morgan fingerprint density at radius 3 is 2.71 bits per heavy atom. The summed E-state index contributed by atoms with van der Waals surface area (Å²) < 4.78 is 0. The highest BCUT2D eigenvalue weighted by Gasteiger charge is 2.07. The molecule has 0 heterocycles. The van der Waals surface area contributed by atoms with Gasteiger partial charge in [0.05, 0.1) is 0 Å². The number of hydrogen-bond donors (Lipinski definition) is 1. The second-order valence-corrected chi connectivity index (χ2v) is 3.29. The maximum absolute atomic E-state index is 10.9. The molecule has 0 radical (unpaired) electrons. The van der Waals surface area contributed by atoms with E-state index in [4.69, 9.17) is 0 Å². The van der Waals surface area contributed by atoms with Crippen molar-refractivity contribution < 1.29 is 4.79 Å². The molecule has 2 nitrogen and oxygen atoms in total. The zero-order valence-electron chi connectivity index (χ0n) is 8.58. The van der Waals surface area contributed by atoms with Crippen molar-refractivity contribution in [2.75, 3.05) is 5.32 Å². The predicted molar refractivity (Wildman–Crippen MR) is 59.4 cm³/mol. The van der Waals surface area contributed by atoms with Crippen LogP contribution in [0.1, 0.15) is 25.3 Å². The summed E-state index contributed by atoms with van der Waals surface area (Å²) in [6.07, 6.45) is 1.86. The minimum absolute atomic E-state index is 0.0475. The second kappa shape index (κ2) is 4.61. The van der Waals surface area contributed by atoms with Gasteiger partial charge in [-0.3, -0.25) is 4.79 Å². The van der Waals surface area contributed by atoms with E-state index in [1.807, 2.05) is 37.3 Å². The smallest absolute Gasteiger partial charge is 0.221 e. The molecule has 0 fully saturated rings. The first-order chi connectivity index (χ1) is 6.65. The van der Waals surface area contributed by atoms with E-state index in [0.29, 0.717) is 0 Å². The van der Waals surface area contributed by atoms with Crippen LogP contribution in [0.4, 0.5) is 5.69 Å². The Morgan fingerprint density at radius 2 is 2.14 bits per heavy atom. The third-order valence-corrected chi connectivity index (χ3v) is 2.12. The SMILES string of the molecule is C=CC(C)c1ccccc1NC(C)=O. The lowest BCUT2D eigenvalue weighted by molar-refractivity contribution is -0.114. The average molecular weight is 189 g/mol. The largest absolute Gasteiger partial charge is 0.326 e. The number of benzene rings is 1. The van der Waals surface area contributed by atoms with Gasteiger partial charge >= 0.3 is 0 Å². The quantitative estimate of drug-likeness (QED) is 0.728. The van der Waals surface area contributed by atoms with Crippen LogP contribution in [0, 0.1) is 0 Å². The van der Waals surface area contributed by atoms with Gasteiger partial charge in [0.2, 0.25) is 5.91 Å². The first-order valence-electron chi connectivity index (χ1n) is 4.64. The molecule has 0 bridgehead atoms. The molecule has 0 saturated heterocycles. The van der Waals surface area contributed by atoms with Crippen molar-refractivity contribution in [2.24, 2.45) is 0 Å². The highest BCUT2D eigenvalue weighted by atomic mass is 16.1. The monoisotopic (exact) mass is 189 g/mol. The number of amides is 1. The molecule has 0 aliphatic heterocycles. The molecule has 0 spiro atoms. The lowest BCUT2D eigenvalue weighted by Gasteiger charge is -2.12. The Morgan fingerprint density at radius 1 is 1.50 bits per heavy atom. The van der Waals surface area contributed by atoms with Crippen molar-refractivity contribution in [1.29, 1.82) is 0 Å². The Balaban J connectivity index is 3.02. The lowest BCUT2D eigenvalue weighted by Crippen LogP contribution is -2.08. The first-order valence-corrected chi connectivity index (χ1v) is 4.64. The van der Waals surface area contributed by atoms with Crippen LogP contribution in [0.5, 0.6) is 0 Å². The van der Waals surface area contributed by atoms with Gasteiger partial charge in [-0.25, -0.2) is 0 Å². The molecule has 0 aromatic heterocycles. The highest BCUT2D eigenvalue weighted by Crippen LogP contribution is 2.24. The van der Waals surface area contributed by atoms with Crippen LogP contribution in [-0.2, 0) is 4.79 Å². The summed E-state index contributed by atoms with van der Waals surface area (Å²) in [5.74, 6) is 0.201. The van der Waals surface area contributed by atoms with Gasteiger partial charge in [-0.2, -0.15) is 0 Å². The van der Waals surface area contributed by atoms with Crippen LogP contribution in [0.15, 0.2) is 36.9 Å². The second-order valence-electron chi connectivity index (χ2n) is 3.29. The fraction of sp³-hybridized carbons (Fsp3) is 0.250. The first kappa shape index (κ1) is 10.5. The zero-order valence-corrected chi connectivity index (χ0v) is 8.58. The number of hydrogen-bond acceptors (Lipinski definition) is 1. The lowest BCUT2D eigenvalue weighted by atomic mass is 9.99. The number of carbonyl (C=O) groups excluding carboxylic acids is 1. The molecule has 0 aliphatic carbocycles. The standard InChI is InChI=1S/C12H15NO/c1-4-9(2)11-7-5-6-8-12(11)13-10(3)14/h4-9H,1H2,2-3H3,(H,13,14). The van der Waals surface area contributed by atoms with Gasteiger partial charge in [0.1, 0.15) is 0 Å². The molecule has 1 N–H and O–H groups in total. The van der Waals surface area contributed by atoms with Gasteiger partial charge in [-0.05, 0) is 11.6 Å². The Labute approximate surface area is 84.6 Å². The molecule has 1 aromatic carbocycles. The van der Waals surface area contributed by atoms with Crippen LogP contribution >= 0.6 is 0 Å². The molecule has 1 aromatic rings. The van der Waals surface area contributed by atoms with Crippen molar-refractivity contribution in [1.82, 2.24) is 0 Å². The molecule has 1 rings (SSSR count). The molecule has 0 aliphatic rings. The molecule has 2 heteroatoms. The minimum Gasteiger partial charge on any atom is -0.326 e. The Hall–Kier alpha value is -1.57. The van der Waals surface area contributed by atoms with Crippen LogP contribution < -0.4 is 5.32 Å². The van der Waals surface area contributed by atoms with E-state index in [9.17, 15) is 4.79 Å². The summed E-state index contributed by atoms with van der Waals surface area (Å²) in [4.78, 5) is 10.9. The normalized spacial score (nSPS) is 11.9. The topological polar surface area (TPSA) is 29.1 Å². The Kier molecular flexibility index (Phi) is 3.46. The maximum atomic E-state index is 10.9. The zero-order chi connectivity index (χ0) is 10.6. The fourth-order valence-electron chi connectivity index (χ4n) is 1.32. The maximum Gasteiger partial charge on any atom is 0.221 e. The van der Waals surface area contributed by atoms with Gasteiger partial charge in [-0.15, -0.1) is 6.58 Å². The summed E-state index contributed by atoms with van der Waals surface area (Å²) >= 11 is 0. The molecular formula is C12H15NO. The number of allylic oxidation sites excluding steroid dienone is 1. The van der Waals surface area contributed by atoms with Gasteiger partial charge < -0.3 is 5.32 Å². The number of para-hydroxylation sites is 1. The number of carbonyl (C=O) groups is 1. The van der Waals surface area contributed by atoms with Crippen LogP contribution in [0.25, 0.3) is 0 Å². The van der Waals surface area contributed by atoms with E-state index in [2.05, 4.69) is 11.9 Å². The van der Waals surface area contributed by atoms with Crippen molar-refractivity contribution in [3.8, 4) is 0 Å². The molecule has 14 heavy (non-hydrogen) atoms. The third-order valence-electron chi connectivity index (χ3n) is 2.12. The van der Waals surface area contributed by atoms with Gasteiger partial charge in [0, 0.05) is 18.5 Å². The molecule has 1 amide bonds. The molecule has 1 unspecified atom stereocenters. The van der Waals surface area contributed by atoms with Gasteiger partial charge in [0.15, 0.2) is 0 Å². The van der Waals surface area contributed by atoms with Crippen LogP contribution in [0.2, 0.25) is 0 Å². The van der Waals surface area contributed by atoms with Crippen molar-refractivity contribution >= 4 is 11.6 Å². The third kappa shape index (κ3) is 2.46. The summed E-state index contributed by atoms with van der Waals surface area (Å²) in [6, 6.07) is 7.76. The van der Waals surface area contributed by atoms with E-state index in [1.54, 1.807) is 0 Å². The molecule has 1 atom stereocenters. The van der Waals surface area contributed by atoms with E-state index in [1.165, 1.54) is 6.92 Å². The van der Waals surface area contributed by atoms with E-state index in [-0.39, 0.29) is 11.8 Å². The molecular weight excluding hydrogens is 174 g/mol. The number of nitrogens with one attached hydrogen (secondary N) is 1. The van der Waals surface area contributed by atoms with Crippen molar-refractivity contribution in [3.05, 3.63) is 42.5 Å². The molecule has 74 valence electrons. The van der Waals surface area contributed by atoms with Crippen molar-refractivity contribution in [2.45, 2.75) is 19.8 Å². The van der Waals surface area contributed by atoms with Crippen LogP contribution in [-0.4, -0.2) is 5.91 Å². The Bertz CT molecular complexity index is 344. The average Bonchev–Trinajstić information content (AvgIpc) is 2.16. The van der Waals surface area contributed by atoms with E-state index in [0.717, 1.165) is 11.3 Å². The molecule has 0 saturated carbocycles. The number of rotatable bonds is 3. The highest BCUT2D eigenvalue weighted by molar-refractivity contribution is 5.89. The van der Waals surface area contributed by atoms with Crippen molar-refractivity contribution in [3.63, 3.8) is 0 Å². The van der Waals surface area contributed by atoms with E-state index >= 15 is 0 Å². The summed E-state index contributed by atoms with van der Waals surface area (Å²) in [7, 11) is 0. The van der Waals surface area contributed by atoms with Gasteiger partial charge in [-0.1, -0.05) is 31.2 Å². The minimum atomic E-state index is -0.0475.